The van der Waals surface area contributed by atoms with Gasteiger partial charge in [-0.1, -0.05) is 40.0 Å². The van der Waals surface area contributed by atoms with Crippen LogP contribution in [0.4, 0.5) is 4.79 Å². The molecule has 1 aliphatic rings. The Morgan fingerprint density at radius 2 is 2.00 bits per heavy atom. The number of nitrogens with one attached hydrogen (secondary N) is 2. The van der Waals surface area contributed by atoms with Gasteiger partial charge in [0, 0.05) is 6.04 Å². The van der Waals surface area contributed by atoms with Crippen molar-refractivity contribution in [2.24, 2.45) is 5.41 Å². The fourth-order valence-electron chi connectivity index (χ4n) is 2.93. The zero-order chi connectivity index (χ0) is 15.4. The average molecular weight is 284 g/mol. The Kier molecular flexibility index (Phi) is 5.42. The van der Waals surface area contributed by atoms with Gasteiger partial charge >= 0.3 is 12.0 Å². The molecule has 1 aliphatic carbocycles. The monoisotopic (exact) mass is 284 g/mol. The second-order valence-corrected chi connectivity index (χ2v) is 6.77. The highest BCUT2D eigenvalue weighted by Crippen LogP contribution is 2.35. The maximum atomic E-state index is 12.1. The van der Waals surface area contributed by atoms with E-state index < -0.39 is 11.5 Å². The van der Waals surface area contributed by atoms with Crippen LogP contribution in [0, 0.1) is 5.41 Å². The normalized spacial score (nSPS) is 24.5. The summed E-state index contributed by atoms with van der Waals surface area (Å²) in [5.41, 5.74) is -1.13. The molecule has 0 heterocycles. The van der Waals surface area contributed by atoms with Crippen LogP contribution < -0.4 is 10.6 Å². The summed E-state index contributed by atoms with van der Waals surface area (Å²) in [4.78, 5) is 23.4. The standard InChI is InChI=1S/C15H28N2O3/c1-5-9-15(4,12(18)19)17-13(20)16-11-8-6-7-10-14(11,2)3/h11H,5-10H2,1-4H3,(H,18,19)(H2,16,17,20). The summed E-state index contributed by atoms with van der Waals surface area (Å²) in [6, 6.07) is -0.265. The summed E-state index contributed by atoms with van der Waals surface area (Å²) >= 11 is 0. The summed E-state index contributed by atoms with van der Waals surface area (Å²) in [7, 11) is 0. The van der Waals surface area contributed by atoms with E-state index in [2.05, 4.69) is 24.5 Å². The van der Waals surface area contributed by atoms with Crippen molar-refractivity contribution in [3.63, 3.8) is 0 Å². The number of hydrogen-bond donors (Lipinski definition) is 3. The van der Waals surface area contributed by atoms with Crippen molar-refractivity contribution >= 4 is 12.0 Å². The van der Waals surface area contributed by atoms with E-state index in [0.717, 1.165) is 19.3 Å². The van der Waals surface area contributed by atoms with Crippen LogP contribution in [0.2, 0.25) is 0 Å². The smallest absolute Gasteiger partial charge is 0.329 e. The van der Waals surface area contributed by atoms with Gasteiger partial charge in [0.2, 0.25) is 0 Å². The quantitative estimate of drug-likeness (QED) is 0.726. The Hall–Kier alpha value is -1.26. The number of aliphatic carboxylic acids is 1. The van der Waals surface area contributed by atoms with Crippen LogP contribution in [0.15, 0.2) is 0 Å². The maximum absolute atomic E-state index is 12.1. The zero-order valence-corrected chi connectivity index (χ0v) is 13.1. The predicted molar refractivity (Wildman–Crippen MR) is 78.7 cm³/mol. The third kappa shape index (κ3) is 4.12. The predicted octanol–water partition coefficient (Wildman–Crippen LogP) is 2.90. The topological polar surface area (TPSA) is 78.4 Å². The molecule has 0 spiro atoms. The average Bonchev–Trinajstić information content (AvgIpc) is 2.31. The Morgan fingerprint density at radius 1 is 1.35 bits per heavy atom. The SMILES string of the molecule is CCCC(C)(NC(=O)NC1CCCCC1(C)C)C(=O)O. The van der Waals surface area contributed by atoms with Gasteiger partial charge in [-0.25, -0.2) is 9.59 Å². The molecule has 1 saturated carbocycles. The summed E-state index contributed by atoms with van der Waals surface area (Å²) < 4.78 is 0. The van der Waals surface area contributed by atoms with Crippen molar-refractivity contribution in [2.75, 3.05) is 0 Å². The Balaban J connectivity index is 2.64. The number of rotatable bonds is 5. The molecule has 0 saturated heterocycles. The van der Waals surface area contributed by atoms with E-state index in [1.165, 1.54) is 6.42 Å². The second-order valence-electron chi connectivity index (χ2n) is 6.77. The molecule has 1 rings (SSSR count). The molecule has 0 aliphatic heterocycles. The van der Waals surface area contributed by atoms with Gasteiger partial charge < -0.3 is 15.7 Å². The molecule has 116 valence electrons. The minimum atomic E-state index is -1.20. The van der Waals surface area contributed by atoms with Gasteiger partial charge in [0.05, 0.1) is 0 Å². The molecule has 2 unspecified atom stereocenters. The first-order chi connectivity index (χ1) is 9.21. The van der Waals surface area contributed by atoms with Gasteiger partial charge in [0.1, 0.15) is 5.54 Å². The lowest BCUT2D eigenvalue weighted by Gasteiger charge is -2.39. The number of carboxylic acids is 1. The van der Waals surface area contributed by atoms with Crippen LogP contribution in [0.1, 0.15) is 66.2 Å². The van der Waals surface area contributed by atoms with Gasteiger partial charge in [-0.2, -0.15) is 0 Å². The minimum absolute atomic E-state index is 0.0694. The first-order valence-corrected chi connectivity index (χ1v) is 7.53. The number of urea groups is 1. The van der Waals surface area contributed by atoms with Gasteiger partial charge in [0.25, 0.3) is 0 Å². The van der Waals surface area contributed by atoms with E-state index in [1.807, 2.05) is 6.92 Å². The third-order valence-electron chi connectivity index (χ3n) is 4.42. The van der Waals surface area contributed by atoms with Gasteiger partial charge in [-0.3, -0.25) is 0 Å². The fraction of sp³-hybridized carbons (Fsp3) is 0.867. The van der Waals surface area contributed by atoms with E-state index in [1.54, 1.807) is 6.92 Å². The molecule has 2 atom stereocenters. The molecule has 0 aromatic heterocycles. The first-order valence-electron chi connectivity index (χ1n) is 7.53. The molecule has 5 nitrogen and oxygen atoms in total. The second kappa shape index (κ2) is 6.46. The van der Waals surface area contributed by atoms with Crippen LogP contribution in [-0.4, -0.2) is 28.7 Å². The minimum Gasteiger partial charge on any atom is -0.480 e. The molecule has 5 heteroatoms. The van der Waals surface area contributed by atoms with E-state index in [4.69, 9.17) is 0 Å². The molecule has 0 aromatic carbocycles. The highest BCUT2D eigenvalue weighted by atomic mass is 16.4. The molecular formula is C15H28N2O3. The number of hydrogen-bond acceptors (Lipinski definition) is 2. The van der Waals surface area contributed by atoms with Crippen LogP contribution in [0.3, 0.4) is 0 Å². The first kappa shape index (κ1) is 16.8. The number of carbonyl (C=O) groups excluding carboxylic acids is 1. The Labute approximate surface area is 121 Å². The molecule has 1 fully saturated rings. The van der Waals surface area contributed by atoms with Crippen LogP contribution in [-0.2, 0) is 4.79 Å². The van der Waals surface area contributed by atoms with E-state index in [9.17, 15) is 14.7 Å². The van der Waals surface area contributed by atoms with Crippen molar-refractivity contribution in [3.8, 4) is 0 Å². The molecule has 0 aromatic rings. The summed E-state index contributed by atoms with van der Waals surface area (Å²) in [6.07, 6.45) is 5.47. The van der Waals surface area contributed by atoms with Gasteiger partial charge in [-0.05, 0) is 31.6 Å². The van der Waals surface area contributed by atoms with Crippen molar-refractivity contribution in [3.05, 3.63) is 0 Å². The summed E-state index contributed by atoms with van der Waals surface area (Å²) in [5, 5.41) is 14.9. The van der Waals surface area contributed by atoms with E-state index >= 15 is 0 Å². The lowest BCUT2D eigenvalue weighted by atomic mass is 9.73. The number of carbonyl (C=O) groups is 2. The molecule has 0 bridgehead atoms. The lowest BCUT2D eigenvalue weighted by Crippen LogP contribution is -2.58. The molecule has 2 amide bonds. The maximum Gasteiger partial charge on any atom is 0.329 e. The van der Waals surface area contributed by atoms with Gasteiger partial charge in [-0.15, -0.1) is 0 Å². The molecule has 3 N–H and O–H groups in total. The van der Waals surface area contributed by atoms with Crippen molar-refractivity contribution in [2.45, 2.75) is 77.8 Å². The third-order valence-corrected chi connectivity index (χ3v) is 4.42. The molecular weight excluding hydrogens is 256 g/mol. The van der Waals surface area contributed by atoms with Crippen LogP contribution in [0.25, 0.3) is 0 Å². The fourth-order valence-corrected chi connectivity index (χ4v) is 2.93. The highest BCUT2D eigenvalue weighted by Gasteiger charge is 2.37. The number of amides is 2. The van der Waals surface area contributed by atoms with E-state index in [-0.39, 0.29) is 17.5 Å². The van der Waals surface area contributed by atoms with Crippen LogP contribution >= 0.6 is 0 Å². The Bertz CT molecular complexity index is 368. The molecule has 0 radical (unpaired) electrons. The highest BCUT2D eigenvalue weighted by molar-refractivity contribution is 5.85. The Morgan fingerprint density at radius 3 is 2.50 bits per heavy atom. The van der Waals surface area contributed by atoms with Crippen LogP contribution in [0.5, 0.6) is 0 Å². The van der Waals surface area contributed by atoms with Crippen molar-refractivity contribution in [1.82, 2.24) is 10.6 Å². The zero-order valence-electron chi connectivity index (χ0n) is 13.1. The van der Waals surface area contributed by atoms with Gasteiger partial charge in [0.15, 0.2) is 0 Å². The largest absolute Gasteiger partial charge is 0.480 e. The summed E-state index contributed by atoms with van der Waals surface area (Å²) in [5.74, 6) is -0.989. The van der Waals surface area contributed by atoms with E-state index in [0.29, 0.717) is 12.8 Å². The number of carboxylic acid groups (broad SMARTS) is 1. The van der Waals surface area contributed by atoms with Crippen molar-refractivity contribution < 1.29 is 14.7 Å². The summed E-state index contributed by atoms with van der Waals surface area (Å²) in [6.45, 7) is 7.77. The lowest BCUT2D eigenvalue weighted by molar-refractivity contribution is -0.144. The molecule has 20 heavy (non-hydrogen) atoms. The van der Waals surface area contributed by atoms with Crippen molar-refractivity contribution in [1.29, 1.82) is 0 Å².